The van der Waals surface area contributed by atoms with Crippen LogP contribution in [0.4, 0.5) is 5.69 Å². The van der Waals surface area contributed by atoms with Crippen LogP contribution in [0, 0.1) is 6.92 Å². The van der Waals surface area contributed by atoms with Gasteiger partial charge in [0, 0.05) is 17.4 Å². The maximum Gasteiger partial charge on any atom is 0.354 e. The van der Waals surface area contributed by atoms with Gasteiger partial charge in [-0.2, -0.15) is 0 Å². The van der Waals surface area contributed by atoms with Crippen molar-refractivity contribution >= 4 is 29.0 Å². The van der Waals surface area contributed by atoms with Gasteiger partial charge in [-0.1, -0.05) is 18.2 Å². The molecule has 7 heteroatoms. The fourth-order valence-corrected chi connectivity index (χ4v) is 2.69. The van der Waals surface area contributed by atoms with Crippen molar-refractivity contribution in [1.29, 1.82) is 0 Å². The molecule has 0 aliphatic rings. The molecule has 0 radical (unpaired) electrons. The summed E-state index contributed by atoms with van der Waals surface area (Å²) in [5, 5.41) is 3.87. The zero-order valence-corrected chi connectivity index (χ0v) is 13.8. The highest BCUT2D eigenvalue weighted by molar-refractivity contribution is 7.15. The Morgan fingerprint density at radius 1 is 1.22 bits per heavy atom. The van der Waals surface area contributed by atoms with Gasteiger partial charge in [-0.15, -0.1) is 11.3 Å². The van der Waals surface area contributed by atoms with Gasteiger partial charge in [-0.25, -0.2) is 14.6 Å². The molecule has 0 fully saturated rings. The molecule has 2 rings (SSSR count). The Morgan fingerprint density at radius 2 is 1.96 bits per heavy atom. The van der Waals surface area contributed by atoms with Crippen LogP contribution in [0.3, 0.4) is 0 Å². The van der Waals surface area contributed by atoms with Crippen molar-refractivity contribution in [3.05, 3.63) is 47.2 Å². The van der Waals surface area contributed by atoms with Crippen molar-refractivity contribution in [2.24, 2.45) is 0 Å². The van der Waals surface area contributed by atoms with E-state index in [0.29, 0.717) is 5.69 Å². The number of thiazole rings is 1. The number of aryl methyl sites for hydroxylation is 1. The number of benzene rings is 1. The van der Waals surface area contributed by atoms with Gasteiger partial charge in [0.25, 0.3) is 0 Å². The van der Waals surface area contributed by atoms with Gasteiger partial charge < -0.3 is 14.8 Å². The molecule has 0 unspecified atom stereocenters. The number of rotatable bonds is 5. The number of hydrogen-bond acceptors (Lipinski definition) is 7. The molecule has 23 heavy (non-hydrogen) atoms. The van der Waals surface area contributed by atoms with Crippen molar-refractivity contribution in [1.82, 2.24) is 4.98 Å². The molecular weight excluding hydrogens is 316 g/mol. The minimum Gasteiger partial charge on any atom is -0.466 e. The van der Waals surface area contributed by atoms with Crippen LogP contribution in [0.1, 0.15) is 5.01 Å². The Morgan fingerprint density at radius 3 is 2.57 bits per heavy atom. The molecule has 2 aromatic rings. The monoisotopic (exact) mass is 332 g/mol. The highest BCUT2D eigenvalue weighted by Crippen LogP contribution is 2.32. The predicted molar refractivity (Wildman–Crippen MR) is 88.0 cm³/mol. The molecule has 120 valence electrons. The lowest BCUT2D eigenvalue weighted by Crippen LogP contribution is -2.15. The summed E-state index contributed by atoms with van der Waals surface area (Å²) < 4.78 is 9.25. The van der Waals surface area contributed by atoms with Gasteiger partial charge in [0.15, 0.2) is 0 Å². The molecule has 1 heterocycles. The van der Waals surface area contributed by atoms with Crippen LogP contribution < -0.4 is 5.32 Å². The summed E-state index contributed by atoms with van der Waals surface area (Å²) in [6.45, 7) is 1.92. The fourth-order valence-electron chi connectivity index (χ4n) is 1.87. The Labute approximate surface area is 137 Å². The van der Waals surface area contributed by atoms with E-state index >= 15 is 0 Å². The van der Waals surface area contributed by atoms with Gasteiger partial charge in [0.1, 0.15) is 5.70 Å². The number of para-hydroxylation sites is 1. The Bertz CT molecular complexity index is 752. The molecule has 0 amide bonds. The fraction of sp³-hybridized carbons (Fsp3) is 0.188. The number of carbonyl (C=O) groups excluding carboxylic acids is 2. The maximum atomic E-state index is 11.8. The number of nitrogens with zero attached hydrogens (tertiary/aromatic N) is 1. The first kappa shape index (κ1) is 16.7. The molecule has 1 aromatic carbocycles. The first-order valence-corrected chi connectivity index (χ1v) is 7.53. The summed E-state index contributed by atoms with van der Waals surface area (Å²) in [6, 6.07) is 7.42. The number of methoxy groups -OCH3 is 2. The van der Waals surface area contributed by atoms with Crippen LogP contribution >= 0.6 is 11.3 Å². The lowest BCUT2D eigenvalue weighted by atomic mass is 10.1. The lowest BCUT2D eigenvalue weighted by molar-refractivity contribution is -0.138. The second-order valence-corrected chi connectivity index (χ2v) is 5.72. The Kier molecular flexibility index (Phi) is 5.48. The number of carbonyl (C=O) groups is 2. The third-order valence-electron chi connectivity index (χ3n) is 2.95. The normalized spacial score (nSPS) is 11.0. The molecule has 0 aliphatic carbocycles. The topological polar surface area (TPSA) is 77.5 Å². The quantitative estimate of drug-likeness (QED) is 0.670. The first-order valence-electron chi connectivity index (χ1n) is 6.72. The van der Waals surface area contributed by atoms with Crippen molar-refractivity contribution in [3.8, 4) is 10.4 Å². The van der Waals surface area contributed by atoms with E-state index in [1.54, 1.807) is 12.3 Å². The highest BCUT2D eigenvalue weighted by atomic mass is 32.1. The summed E-state index contributed by atoms with van der Waals surface area (Å²) in [4.78, 5) is 28.5. The first-order chi connectivity index (χ1) is 11.0. The smallest absolute Gasteiger partial charge is 0.354 e. The predicted octanol–water partition coefficient (Wildman–Crippen LogP) is 2.76. The van der Waals surface area contributed by atoms with E-state index in [2.05, 4.69) is 15.0 Å². The minimum atomic E-state index is -0.661. The number of ether oxygens (including phenoxy) is 2. The molecule has 1 aromatic heterocycles. The van der Waals surface area contributed by atoms with Crippen LogP contribution in [0.2, 0.25) is 0 Å². The lowest BCUT2D eigenvalue weighted by Gasteiger charge is -2.12. The zero-order chi connectivity index (χ0) is 16.8. The van der Waals surface area contributed by atoms with Gasteiger partial charge in [-0.3, -0.25) is 0 Å². The van der Waals surface area contributed by atoms with E-state index in [-0.39, 0.29) is 5.70 Å². The summed E-state index contributed by atoms with van der Waals surface area (Å²) in [5.41, 5.74) is 1.53. The second kappa shape index (κ2) is 7.55. The molecule has 0 atom stereocenters. The second-order valence-electron chi connectivity index (χ2n) is 4.49. The summed E-state index contributed by atoms with van der Waals surface area (Å²) in [5.74, 6) is -1.31. The number of hydrogen-bond donors (Lipinski definition) is 1. The SMILES string of the molecule is COC(=O)/C=C(/Nc1ccccc1-c1cnc(C)s1)C(=O)OC. The maximum absolute atomic E-state index is 11.8. The molecule has 0 bridgehead atoms. The average molecular weight is 332 g/mol. The van der Waals surface area contributed by atoms with Crippen LogP contribution in [-0.4, -0.2) is 31.1 Å². The van der Waals surface area contributed by atoms with Crippen molar-refractivity contribution in [2.75, 3.05) is 19.5 Å². The van der Waals surface area contributed by atoms with Crippen molar-refractivity contribution < 1.29 is 19.1 Å². The Balaban J connectivity index is 2.39. The minimum absolute atomic E-state index is 0.00645. The number of esters is 2. The summed E-state index contributed by atoms with van der Waals surface area (Å²) in [7, 11) is 2.48. The average Bonchev–Trinajstić information content (AvgIpc) is 3.00. The molecule has 0 aliphatic heterocycles. The van der Waals surface area contributed by atoms with Crippen molar-refractivity contribution in [2.45, 2.75) is 6.92 Å². The van der Waals surface area contributed by atoms with Crippen LogP contribution in [-0.2, 0) is 19.1 Å². The number of aromatic nitrogens is 1. The van der Waals surface area contributed by atoms with Crippen LogP contribution in [0.15, 0.2) is 42.2 Å². The van der Waals surface area contributed by atoms with E-state index in [0.717, 1.165) is 21.5 Å². The van der Waals surface area contributed by atoms with Gasteiger partial charge in [0.2, 0.25) is 0 Å². The highest BCUT2D eigenvalue weighted by Gasteiger charge is 2.15. The van der Waals surface area contributed by atoms with E-state index in [1.807, 2.05) is 25.1 Å². The van der Waals surface area contributed by atoms with Gasteiger partial charge >= 0.3 is 11.9 Å². The Hall–Kier alpha value is -2.67. The summed E-state index contributed by atoms with van der Waals surface area (Å²) >= 11 is 1.54. The van der Waals surface area contributed by atoms with E-state index < -0.39 is 11.9 Å². The van der Waals surface area contributed by atoms with Gasteiger partial charge in [-0.05, 0) is 13.0 Å². The van der Waals surface area contributed by atoms with E-state index in [1.165, 1.54) is 25.6 Å². The molecule has 1 N–H and O–H groups in total. The van der Waals surface area contributed by atoms with Gasteiger partial charge in [0.05, 0.1) is 30.2 Å². The molecular formula is C16H16N2O4S. The zero-order valence-electron chi connectivity index (χ0n) is 13.0. The third kappa shape index (κ3) is 4.17. The molecule has 0 saturated heterocycles. The number of anilines is 1. The standard InChI is InChI=1S/C16H16N2O4S/c1-10-17-9-14(23-10)11-6-4-5-7-12(11)18-13(16(20)22-3)8-15(19)21-2/h4-9,18H,1-3H3/b13-8+. The van der Waals surface area contributed by atoms with E-state index in [9.17, 15) is 9.59 Å². The van der Waals surface area contributed by atoms with Crippen LogP contribution in [0.5, 0.6) is 0 Å². The molecule has 0 saturated carbocycles. The molecule has 6 nitrogen and oxygen atoms in total. The van der Waals surface area contributed by atoms with Crippen molar-refractivity contribution in [3.63, 3.8) is 0 Å². The van der Waals surface area contributed by atoms with Crippen LogP contribution in [0.25, 0.3) is 10.4 Å². The molecule has 0 spiro atoms. The number of nitrogens with one attached hydrogen (secondary N) is 1. The summed E-state index contributed by atoms with van der Waals surface area (Å²) in [6.07, 6.45) is 2.82. The largest absolute Gasteiger partial charge is 0.466 e. The third-order valence-corrected chi connectivity index (χ3v) is 3.90. The van der Waals surface area contributed by atoms with E-state index in [4.69, 9.17) is 4.74 Å².